The number of alkyl halides is 3. The molecule has 0 bridgehead atoms. The normalized spacial score (nSPS) is 11.5. The number of anilines is 2. The van der Waals surface area contributed by atoms with Gasteiger partial charge in [0.1, 0.15) is 13.2 Å². The van der Waals surface area contributed by atoms with E-state index in [1.165, 1.54) is 25.3 Å². The van der Waals surface area contributed by atoms with Crippen LogP contribution in [0.3, 0.4) is 0 Å². The molecule has 0 spiro atoms. The fourth-order valence-electron chi connectivity index (χ4n) is 4.38. The molecular weight excluding hydrogens is 779 g/mol. The van der Waals surface area contributed by atoms with Gasteiger partial charge in [-0.25, -0.2) is 9.59 Å². The predicted molar refractivity (Wildman–Crippen MR) is 202 cm³/mol. The SMILES string of the molecule is COC(=O)COCCOCCOCCOCCOCCOCCOCCOCCOCCOCCOCCOC(=O)c1ccccc1Nc1cccc(C(F)(F)F)c1. The third kappa shape index (κ3) is 27.3. The van der Waals surface area contributed by atoms with Crippen LogP contribution in [-0.2, 0) is 72.6 Å². The molecule has 330 valence electrons. The van der Waals surface area contributed by atoms with Crippen molar-refractivity contribution in [2.75, 3.05) is 164 Å². The zero-order valence-electron chi connectivity index (χ0n) is 33.1. The first-order valence-corrected chi connectivity index (χ1v) is 18.9. The molecule has 1 N–H and O–H groups in total. The van der Waals surface area contributed by atoms with Gasteiger partial charge >= 0.3 is 18.1 Å². The van der Waals surface area contributed by atoms with Gasteiger partial charge in [-0.05, 0) is 30.3 Å². The van der Waals surface area contributed by atoms with Gasteiger partial charge in [-0.2, -0.15) is 13.2 Å². The minimum atomic E-state index is -4.48. The van der Waals surface area contributed by atoms with Crippen LogP contribution >= 0.6 is 0 Å². The molecule has 0 radical (unpaired) electrons. The van der Waals surface area contributed by atoms with Gasteiger partial charge < -0.3 is 66.9 Å². The Labute approximate surface area is 337 Å². The van der Waals surface area contributed by atoms with E-state index in [1.807, 2.05) is 0 Å². The van der Waals surface area contributed by atoms with Crippen molar-refractivity contribution in [2.24, 2.45) is 0 Å². The average Bonchev–Trinajstić information content (AvgIpc) is 3.22. The topological polar surface area (TPSA) is 166 Å². The zero-order chi connectivity index (χ0) is 41.8. The van der Waals surface area contributed by atoms with Crippen LogP contribution in [0.25, 0.3) is 0 Å². The van der Waals surface area contributed by atoms with Gasteiger partial charge in [-0.3, -0.25) is 0 Å². The number of carbonyl (C=O) groups is 2. The summed E-state index contributed by atoms with van der Waals surface area (Å²) in [7, 11) is 1.30. The van der Waals surface area contributed by atoms with E-state index < -0.39 is 23.7 Å². The Kier molecular flexibility index (Phi) is 30.1. The quantitative estimate of drug-likeness (QED) is 0.0763. The number of rotatable bonds is 38. The number of ether oxygens (including phenoxy) is 13. The first-order valence-electron chi connectivity index (χ1n) is 18.9. The molecule has 0 aliphatic heterocycles. The molecule has 0 atom stereocenters. The number of methoxy groups -OCH3 is 1. The molecule has 0 aliphatic rings. The van der Waals surface area contributed by atoms with Crippen LogP contribution < -0.4 is 5.32 Å². The average molecular weight is 838 g/mol. The molecule has 0 unspecified atom stereocenters. The molecule has 2 aromatic rings. The van der Waals surface area contributed by atoms with Crippen molar-refractivity contribution in [3.8, 4) is 0 Å². The van der Waals surface area contributed by atoms with Crippen molar-refractivity contribution in [3.05, 3.63) is 59.7 Å². The van der Waals surface area contributed by atoms with Crippen molar-refractivity contribution >= 4 is 23.3 Å². The Balaban J connectivity index is 1.26. The summed E-state index contributed by atoms with van der Waals surface area (Å²) in [5.41, 5.74) is -0.110. The van der Waals surface area contributed by atoms with Crippen molar-refractivity contribution in [2.45, 2.75) is 6.18 Å². The van der Waals surface area contributed by atoms with E-state index >= 15 is 0 Å². The lowest BCUT2D eigenvalue weighted by atomic mass is 10.1. The molecule has 0 amide bonds. The number of hydrogen-bond acceptors (Lipinski definition) is 16. The molecule has 2 aromatic carbocycles. The van der Waals surface area contributed by atoms with Gasteiger partial charge in [0.2, 0.25) is 0 Å². The number of hydrogen-bond donors (Lipinski definition) is 1. The van der Waals surface area contributed by atoms with Crippen LogP contribution in [0.15, 0.2) is 48.5 Å². The third-order valence-electron chi connectivity index (χ3n) is 7.24. The van der Waals surface area contributed by atoms with Crippen LogP contribution in [0.2, 0.25) is 0 Å². The highest BCUT2D eigenvalue weighted by molar-refractivity contribution is 5.96. The monoisotopic (exact) mass is 837 g/mol. The van der Waals surface area contributed by atoms with Gasteiger partial charge in [-0.1, -0.05) is 18.2 Å². The Morgan fingerprint density at radius 1 is 0.500 bits per heavy atom. The summed E-state index contributed by atoms with van der Waals surface area (Å²) in [4.78, 5) is 23.5. The minimum Gasteiger partial charge on any atom is -0.467 e. The molecule has 19 heteroatoms. The molecule has 0 saturated heterocycles. The van der Waals surface area contributed by atoms with Crippen LogP contribution in [0.1, 0.15) is 15.9 Å². The fourth-order valence-corrected chi connectivity index (χ4v) is 4.38. The summed E-state index contributed by atoms with van der Waals surface area (Å²) in [6.07, 6.45) is -4.48. The molecule has 58 heavy (non-hydrogen) atoms. The summed E-state index contributed by atoms with van der Waals surface area (Å²) in [6.45, 7) is 8.36. The van der Waals surface area contributed by atoms with Gasteiger partial charge in [0.25, 0.3) is 0 Å². The highest BCUT2D eigenvalue weighted by Gasteiger charge is 2.30. The number of nitrogens with one attached hydrogen (secondary N) is 1. The van der Waals surface area contributed by atoms with Gasteiger partial charge in [-0.15, -0.1) is 0 Å². The third-order valence-corrected chi connectivity index (χ3v) is 7.24. The van der Waals surface area contributed by atoms with Crippen LogP contribution in [0.4, 0.5) is 24.5 Å². The van der Waals surface area contributed by atoms with Crippen molar-refractivity contribution in [3.63, 3.8) is 0 Å². The van der Waals surface area contributed by atoms with Crippen molar-refractivity contribution in [1.29, 1.82) is 0 Å². The summed E-state index contributed by atoms with van der Waals surface area (Å²) in [6, 6.07) is 11.1. The largest absolute Gasteiger partial charge is 0.467 e. The molecule has 0 aliphatic carbocycles. The maximum absolute atomic E-state index is 13.1. The summed E-state index contributed by atoms with van der Waals surface area (Å²) < 4.78 is 108. The first-order chi connectivity index (χ1) is 28.3. The van der Waals surface area contributed by atoms with E-state index in [9.17, 15) is 22.8 Å². The molecule has 16 nitrogen and oxygen atoms in total. The number of halogens is 3. The molecule has 0 heterocycles. The highest BCUT2D eigenvalue weighted by atomic mass is 19.4. The molecule has 0 saturated carbocycles. The maximum Gasteiger partial charge on any atom is 0.416 e. The van der Waals surface area contributed by atoms with Crippen LogP contribution in [0.5, 0.6) is 0 Å². The van der Waals surface area contributed by atoms with E-state index in [4.69, 9.17) is 56.8 Å². The lowest BCUT2D eigenvalue weighted by Gasteiger charge is -2.13. The van der Waals surface area contributed by atoms with Crippen LogP contribution in [-0.4, -0.2) is 171 Å². The number of benzene rings is 2. The second-order valence-electron chi connectivity index (χ2n) is 11.6. The van der Waals surface area contributed by atoms with Gasteiger partial charge in [0.15, 0.2) is 0 Å². The summed E-state index contributed by atoms with van der Waals surface area (Å²) in [5, 5.41) is 2.86. The zero-order valence-corrected chi connectivity index (χ0v) is 33.1. The van der Waals surface area contributed by atoms with E-state index in [0.29, 0.717) is 138 Å². The first kappa shape index (κ1) is 50.7. The van der Waals surface area contributed by atoms with Gasteiger partial charge in [0.05, 0.1) is 163 Å². The Morgan fingerprint density at radius 2 is 0.879 bits per heavy atom. The van der Waals surface area contributed by atoms with Gasteiger partial charge in [0, 0.05) is 5.69 Å². The minimum absolute atomic E-state index is 0.00854. The van der Waals surface area contributed by atoms with E-state index in [2.05, 4.69) is 10.1 Å². The fraction of sp³-hybridized carbons (Fsp3) is 0.641. The Morgan fingerprint density at radius 3 is 1.28 bits per heavy atom. The molecular formula is C39H58F3NO15. The van der Waals surface area contributed by atoms with E-state index in [1.54, 1.807) is 18.2 Å². The second kappa shape index (κ2) is 34.4. The summed E-state index contributed by atoms with van der Waals surface area (Å²) >= 11 is 0. The standard InChI is InChI=1S/C39H58F3NO15/c1-46-37(44)32-57-28-27-55-24-23-53-20-19-51-16-15-49-12-11-47-9-10-48-13-14-50-17-18-52-21-22-54-25-26-56-29-30-58-38(45)35-7-2-3-8-36(35)43-34-6-4-5-33(31-34)39(40,41)42/h2-8,31,43H,9-30,32H2,1H3. The van der Waals surface area contributed by atoms with Crippen LogP contribution in [0, 0.1) is 0 Å². The smallest absolute Gasteiger partial charge is 0.416 e. The van der Waals surface area contributed by atoms with E-state index in [0.717, 1.165) is 12.1 Å². The maximum atomic E-state index is 13.1. The lowest BCUT2D eigenvalue weighted by molar-refractivity contribution is -0.146. The number of esters is 2. The lowest BCUT2D eigenvalue weighted by Crippen LogP contribution is -2.16. The second-order valence-corrected chi connectivity index (χ2v) is 11.6. The predicted octanol–water partition coefficient (Wildman–Crippen LogP) is 3.96. The number of carbonyl (C=O) groups excluding carboxylic acids is 2. The highest BCUT2D eigenvalue weighted by Crippen LogP contribution is 2.32. The van der Waals surface area contributed by atoms with E-state index in [-0.39, 0.29) is 31.1 Å². The Hall–Kier alpha value is -3.47. The van der Waals surface area contributed by atoms with Crippen molar-refractivity contribution in [1.82, 2.24) is 0 Å². The number of para-hydroxylation sites is 1. The summed E-state index contributed by atoms with van der Waals surface area (Å²) in [5.74, 6) is -1.06. The van der Waals surface area contributed by atoms with Crippen molar-refractivity contribution < 1.29 is 84.3 Å². The molecule has 2 rings (SSSR count). The molecule has 0 aromatic heterocycles. The molecule has 0 fully saturated rings. The Bertz CT molecular complexity index is 1330.